The van der Waals surface area contributed by atoms with Crippen LogP contribution < -0.4 is 10.9 Å². The molecule has 0 bridgehead atoms. The van der Waals surface area contributed by atoms with Gasteiger partial charge in [-0.2, -0.15) is 4.52 Å². The maximum atomic E-state index is 12.5. The van der Waals surface area contributed by atoms with E-state index in [4.69, 9.17) is 0 Å². The third-order valence-corrected chi connectivity index (χ3v) is 4.31. The minimum Gasteiger partial charge on any atom is -0.330 e. The molecule has 0 radical (unpaired) electrons. The molecule has 0 atom stereocenters. The topological polar surface area (TPSA) is 59.3 Å². The Morgan fingerprint density at radius 1 is 1.09 bits per heavy atom. The lowest BCUT2D eigenvalue weighted by Gasteiger charge is -2.04. The van der Waals surface area contributed by atoms with Crippen molar-refractivity contribution in [2.45, 2.75) is 6.92 Å². The first-order valence-corrected chi connectivity index (χ1v) is 7.65. The molecule has 0 aliphatic rings. The second-order valence-electron chi connectivity index (χ2n) is 4.98. The molecule has 0 saturated carbocycles. The summed E-state index contributed by atoms with van der Waals surface area (Å²) in [6.07, 6.45) is 0. The van der Waals surface area contributed by atoms with Crippen LogP contribution in [0.4, 0.5) is 10.8 Å². The minimum absolute atomic E-state index is 0.144. The summed E-state index contributed by atoms with van der Waals surface area (Å²) in [5.41, 5.74) is 2.64. The van der Waals surface area contributed by atoms with Crippen LogP contribution in [-0.4, -0.2) is 14.6 Å². The van der Waals surface area contributed by atoms with Gasteiger partial charge in [0.2, 0.25) is 10.1 Å². The molecule has 0 fully saturated rings. The van der Waals surface area contributed by atoms with E-state index >= 15 is 0 Å². The number of hydrogen-bond donors (Lipinski definition) is 1. The molecule has 2 heterocycles. The zero-order valence-electron chi connectivity index (χ0n) is 11.8. The molecule has 4 aromatic rings. The van der Waals surface area contributed by atoms with E-state index in [1.165, 1.54) is 15.9 Å². The highest BCUT2D eigenvalue weighted by Gasteiger charge is 2.11. The van der Waals surface area contributed by atoms with Crippen molar-refractivity contribution in [1.82, 2.24) is 14.6 Å². The van der Waals surface area contributed by atoms with Crippen LogP contribution in [-0.2, 0) is 0 Å². The largest absolute Gasteiger partial charge is 0.330 e. The van der Waals surface area contributed by atoms with Gasteiger partial charge in [0.15, 0.2) is 0 Å². The lowest BCUT2D eigenvalue weighted by molar-refractivity contribution is 0.919. The zero-order chi connectivity index (χ0) is 15.1. The van der Waals surface area contributed by atoms with Crippen LogP contribution >= 0.6 is 11.3 Å². The molecule has 22 heavy (non-hydrogen) atoms. The van der Waals surface area contributed by atoms with Gasteiger partial charge in [0.25, 0.3) is 5.56 Å². The molecule has 108 valence electrons. The van der Waals surface area contributed by atoms with E-state index < -0.39 is 0 Å². The molecule has 6 heteroatoms. The van der Waals surface area contributed by atoms with Gasteiger partial charge in [0, 0.05) is 5.69 Å². The summed E-state index contributed by atoms with van der Waals surface area (Å²) in [5, 5.41) is 8.82. The standard InChI is InChI=1S/C16H12N4OS/c1-10-6-2-4-8-12(10)17-15-19-20-14(21)11-7-3-5-9-13(11)18-16(20)22-15/h2-9H,1H3,(H,17,19). The van der Waals surface area contributed by atoms with Crippen molar-refractivity contribution in [2.24, 2.45) is 0 Å². The van der Waals surface area contributed by atoms with Crippen LogP contribution in [0.25, 0.3) is 15.9 Å². The van der Waals surface area contributed by atoms with Gasteiger partial charge < -0.3 is 5.32 Å². The molecule has 0 aliphatic carbocycles. The Balaban J connectivity index is 1.87. The Kier molecular flexibility index (Phi) is 2.90. The number of benzene rings is 2. The van der Waals surface area contributed by atoms with Crippen LogP contribution in [0.2, 0.25) is 0 Å². The third-order valence-electron chi connectivity index (χ3n) is 3.49. The first kappa shape index (κ1) is 13.0. The fourth-order valence-electron chi connectivity index (χ4n) is 2.33. The van der Waals surface area contributed by atoms with Crippen molar-refractivity contribution < 1.29 is 0 Å². The molecule has 2 aromatic carbocycles. The van der Waals surface area contributed by atoms with E-state index in [0.717, 1.165) is 11.3 Å². The van der Waals surface area contributed by atoms with E-state index in [0.29, 0.717) is 21.0 Å². The van der Waals surface area contributed by atoms with Gasteiger partial charge in [-0.05, 0) is 30.7 Å². The zero-order valence-corrected chi connectivity index (χ0v) is 12.6. The van der Waals surface area contributed by atoms with Gasteiger partial charge in [-0.25, -0.2) is 4.98 Å². The summed E-state index contributed by atoms with van der Waals surface area (Å²) in [6, 6.07) is 15.3. The molecule has 5 nitrogen and oxygen atoms in total. The number of anilines is 2. The van der Waals surface area contributed by atoms with Crippen molar-refractivity contribution in [2.75, 3.05) is 5.32 Å². The van der Waals surface area contributed by atoms with E-state index in [-0.39, 0.29) is 5.56 Å². The Labute approximate surface area is 129 Å². The van der Waals surface area contributed by atoms with Crippen molar-refractivity contribution in [3.63, 3.8) is 0 Å². The maximum Gasteiger partial charge on any atom is 0.283 e. The molecule has 0 unspecified atom stereocenters. The van der Waals surface area contributed by atoms with Crippen molar-refractivity contribution in [3.05, 3.63) is 64.4 Å². The lowest BCUT2D eigenvalue weighted by atomic mass is 10.2. The Hall–Kier alpha value is -2.73. The molecule has 0 amide bonds. The number of hydrogen-bond acceptors (Lipinski definition) is 5. The van der Waals surface area contributed by atoms with E-state index in [2.05, 4.69) is 15.4 Å². The molecule has 2 aromatic heterocycles. The Bertz CT molecular complexity index is 1050. The minimum atomic E-state index is -0.144. The van der Waals surface area contributed by atoms with Crippen LogP contribution in [0.5, 0.6) is 0 Å². The predicted octanol–water partition coefficient (Wildman–Crippen LogP) is 3.36. The molecule has 1 N–H and O–H groups in total. The highest BCUT2D eigenvalue weighted by atomic mass is 32.1. The number of nitrogens with one attached hydrogen (secondary N) is 1. The molecule has 0 saturated heterocycles. The average molecular weight is 308 g/mol. The summed E-state index contributed by atoms with van der Waals surface area (Å²) >= 11 is 1.36. The Morgan fingerprint density at radius 2 is 1.86 bits per heavy atom. The second kappa shape index (κ2) is 4.92. The number of aryl methyl sites for hydroxylation is 1. The van der Waals surface area contributed by atoms with Crippen LogP contribution in [0, 0.1) is 6.92 Å². The quantitative estimate of drug-likeness (QED) is 0.617. The summed E-state index contributed by atoms with van der Waals surface area (Å²) in [7, 11) is 0. The second-order valence-corrected chi connectivity index (χ2v) is 5.93. The first-order valence-electron chi connectivity index (χ1n) is 6.84. The Morgan fingerprint density at radius 3 is 2.73 bits per heavy atom. The predicted molar refractivity (Wildman–Crippen MR) is 89.1 cm³/mol. The smallest absolute Gasteiger partial charge is 0.283 e. The third kappa shape index (κ3) is 2.05. The molecule has 4 rings (SSSR count). The van der Waals surface area contributed by atoms with Crippen LogP contribution in [0.3, 0.4) is 0 Å². The molecular formula is C16H12N4OS. The number of para-hydroxylation sites is 2. The van der Waals surface area contributed by atoms with Crippen molar-refractivity contribution in [3.8, 4) is 0 Å². The maximum absolute atomic E-state index is 12.5. The number of fused-ring (bicyclic) bond motifs is 2. The van der Waals surface area contributed by atoms with E-state index in [1.807, 2.05) is 49.4 Å². The number of rotatable bonds is 2. The van der Waals surface area contributed by atoms with E-state index in [9.17, 15) is 4.79 Å². The van der Waals surface area contributed by atoms with E-state index in [1.54, 1.807) is 6.07 Å². The summed E-state index contributed by atoms with van der Waals surface area (Å²) in [4.78, 5) is 17.5. The number of nitrogens with zero attached hydrogens (tertiary/aromatic N) is 3. The molecular weight excluding hydrogens is 296 g/mol. The van der Waals surface area contributed by atoms with Gasteiger partial charge >= 0.3 is 0 Å². The van der Waals surface area contributed by atoms with Crippen LogP contribution in [0.15, 0.2) is 53.3 Å². The average Bonchev–Trinajstić information content (AvgIpc) is 2.93. The summed E-state index contributed by atoms with van der Waals surface area (Å²) in [5.74, 6) is 0. The highest BCUT2D eigenvalue weighted by molar-refractivity contribution is 7.20. The van der Waals surface area contributed by atoms with Crippen molar-refractivity contribution >= 4 is 38.0 Å². The molecule has 0 aliphatic heterocycles. The highest BCUT2D eigenvalue weighted by Crippen LogP contribution is 2.24. The lowest BCUT2D eigenvalue weighted by Crippen LogP contribution is -2.15. The van der Waals surface area contributed by atoms with Gasteiger partial charge in [0.05, 0.1) is 10.9 Å². The van der Waals surface area contributed by atoms with Gasteiger partial charge in [-0.1, -0.05) is 41.7 Å². The normalized spacial score (nSPS) is 11.1. The monoisotopic (exact) mass is 308 g/mol. The van der Waals surface area contributed by atoms with Gasteiger partial charge in [-0.15, -0.1) is 5.10 Å². The van der Waals surface area contributed by atoms with Gasteiger partial charge in [-0.3, -0.25) is 4.79 Å². The van der Waals surface area contributed by atoms with Gasteiger partial charge in [0.1, 0.15) is 0 Å². The first-order chi connectivity index (χ1) is 10.7. The van der Waals surface area contributed by atoms with Crippen molar-refractivity contribution in [1.29, 1.82) is 0 Å². The summed E-state index contributed by atoms with van der Waals surface area (Å²) in [6.45, 7) is 2.02. The summed E-state index contributed by atoms with van der Waals surface area (Å²) < 4.78 is 1.35. The molecule has 0 spiro atoms. The fourth-order valence-corrected chi connectivity index (χ4v) is 3.14. The number of aromatic nitrogens is 3. The SMILES string of the molecule is Cc1ccccc1Nc1nn2c(=O)c3ccccc3nc2s1. The fraction of sp³-hybridized carbons (Fsp3) is 0.0625. The van der Waals surface area contributed by atoms with Crippen LogP contribution in [0.1, 0.15) is 5.56 Å².